The number of ether oxygens (including phenoxy) is 2. The number of carbonyl (C=O) groups excluding carboxylic acids is 1. The zero-order chi connectivity index (χ0) is 16.3. The molecule has 0 radical (unpaired) electrons. The Morgan fingerprint density at radius 3 is 2.43 bits per heavy atom. The standard InChI is InChI=1S/C14H18F3NO3/c1-9(8-13(2,18)12(19)20-3)21-11-7-5-4-6-10(11)14(15,16)17/h4-7,9H,8,18H2,1-3H3. The Morgan fingerprint density at radius 1 is 1.33 bits per heavy atom. The molecule has 7 heteroatoms. The van der Waals surface area contributed by atoms with E-state index in [2.05, 4.69) is 4.74 Å². The first-order valence-electron chi connectivity index (χ1n) is 6.28. The van der Waals surface area contributed by atoms with Crippen LogP contribution in [-0.2, 0) is 15.7 Å². The molecule has 0 amide bonds. The van der Waals surface area contributed by atoms with Crippen molar-refractivity contribution in [1.82, 2.24) is 0 Å². The van der Waals surface area contributed by atoms with Crippen LogP contribution in [0.25, 0.3) is 0 Å². The van der Waals surface area contributed by atoms with Crippen LogP contribution in [0.4, 0.5) is 13.2 Å². The van der Waals surface area contributed by atoms with Crippen LogP contribution in [0.1, 0.15) is 25.8 Å². The second-order valence-electron chi connectivity index (χ2n) is 5.04. The number of esters is 1. The summed E-state index contributed by atoms with van der Waals surface area (Å²) in [6, 6.07) is 4.89. The summed E-state index contributed by atoms with van der Waals surface area (Å²) in [5.74, 6) is -0.944. The van der Waals surface area contributed by atoms with Gasteiger partial charge >= 0.3 is 12.1 Å². The fraction of sp³-hybridized carbons (Fsp3) is 0.500. The topological polar surface area (TPSA) is 61.5 Å². The van der Waals surface area contributed by atoms with Gasteiger partial charge in [0.15, 0.2) is 0 Å². The van der Waals surface area contributed by atoms with Gasteiger partial charge in [-0.15, -0.1) is 0 Å². The minimum Gasteiger partial charge on any atom is -0.490 e. The Bertz CT molecular complexity index is 500. The molecule has 1 aromatic rings. The van der Waals surface area contributed by atoms with Crippen molar-refractivity contribution in [1.29, 1.82) is 0 Å². The van der Waals surface area contributed by atoms with E-state index in [1.165, 1.54) is 32.2 Å². The zero-order valence-corrected chi connectivity index (χ0v) is 12.0. The van der Waals surface area contributed by atoms with Crippen molar-refractivity contribution < 1.29 is 27.4 Å². The van der Waals surface area contributed by atoms with Gasteiger partial charge in [0, 0.05) is 6.42 Å². The SMILES string of the molecule is COC(=O)C(C)(N)CC(C)Oc1ccccc1C(F)(F)F. The van der Waals surface area contributed by atoms with Gasteiger partial charge in [-0.2, -0.15) is 13.2 Å². The number of carbonyl (C=O) groups is 1. The third kappa shape index (κ3) is 4.63. The molecule has 0 saturated heterocycles. The minimum atomic E-state index is -4.51. The molecular formula is C14H18F3NO3. The van der Waals surface area contributed by atoms with E-state index in [1.54, 1.807) is 6.92 Å². The van der Waals surface area contributed by atoms with Crippen molar-refractivity contribution >= 4 is 5.97 Å². The summed E-state index contributed by atoms with van der Waals surface area (Å²) in [5.41, 5.74) is 3.57. The van der Waals surface area contributed by atoms with Crippen LogP contribution in [0.3, 0.4) is 0 Å². The Balaban J connectivity index is 2.85. The summed E-state index contributed by atoms with van der Waals surface area (Å²) in [6.45, 7) is 2.98. The average Bonchev–Trinajstić information content (AvgIpc) is 2.36. The number of halogens is 3. The van der Waals surface area contributed by atoms with Crippen LogP contribution in [0.5, 0.6) is 5.75 Å². The summed E-state index contributed by atoms with van der Waals surface area (Å²) in [5, 5.41) is 0. The van der Waals surface area contributed by atoms with Gasteiger partial charge in [0.25, 0.3) is 0 Å². The first-order valence-corrected chi connectivity index (χ1v) is 6.28. The Hall–Kier alpha value is -1.76. The lowest BCUT2D eigenvalue weighted by Gasteiger charge is -2.26. The highest BCUT2D eigenvalue weighted by Crippen LogP contribution is 2.36. The van der Waals surface area contributed by atoms with Crippen molar-refractivity contribution in [2.45, 2.75) is 38.1 Å². The van der Waals surface area contributed by atoms with Crippen LogP contribution in [0.15, 0.2) is 24.3 Å². The van der Waals surface area contributed by atoms with Crippen LogP contribution in [-0.4, -0.2) is 24.7 Å². The van der Waals surface area contributed by atoms with Gasteiger partial charge in [-0.25, -0.2) is 0 Å². The van der Waals surface area contributed by atoms with E-state index in [-0.39, 0.29) is 12.2 Å². The van der Waals surface area contributed by atoms with Crippen LogP contribution < -0.4 is 10.5 Å². The van der Waals surface area contributed by atoms with Crippen molar-refractivity contribution in [3.05, 3.63) is 29.8 Å². The van der Waals surface area contributed by atoms with Crippen molar-refractivity contribution in [2.24, 2.45) is 5.73 Å². The number of benzene rings is 1. The quantitative estimate of drug-likeness (QED) is 0.850. The van der Waals surface area contributed by atoms with Crippen LogP contribution in [0.2, 0.25) is 0 Å². The van der Waals surface area contributed by atoms with Gasteiger partial charge < -0.3 is 15.2 Å². The highest BCUT2D eigenvalue weighted by Gasteiger charge is 2.36. The smallest absolute Gasteiger partial charge is 0.419 e. The number of methoxy groups -OCH3 is 1. The van der Waals surface area contributed by atoms with E-state index in [0.29, 0.717) is 0 Å². The molecule has 0 aliphatic heterocycles. The van der Waals surface area contributed by atoms with Gasteiger partial charge in [0.05, 0.1) is 18.8 Å². The maximum absolute atomic E-state index is 12.8. The van der Waals surface area contributed by atoms with Gasteiger partial charge in [0.1, 0.15) is 11.3 Å². The Kier molecular flexibility index (Phi) is 5.22. The molecule has 0 fully saturated rings. The molecule has 0 aliphatic carbocycles. The number of nitrogens with two attached hydrogens (primary N) is 1. The van der Waals surface area contributed by atoms with Gasteiger partial charge in [-0.05, 0) is 26.0 Å². The molecule has 0 saturated carbocycles. The molecule has 2 unspecified atom stereocenters. The molecule has 0 aliphatic rings. The first-order chi connectivity index (χ1) is 9.58. The van der Waals surface area contributed by atoms with Crippen LogP contribution >= 0.6 is 0 Å². The van der Waals surface area contributed by atoms with Gasteiger partial charge in [0.2, 0.25) is 0 Å². The first kappa shape index (κ1) is 17.3. The highest BCUT2D eigenvalue weighted by molar-refractivity contribution is 5.79. The molecule has 21 heavy (non-hydrogen) atoms. The lowest BCUT2D eigenvalue weighted by atomic mass is 9.96. The third-order valence-corrected chi connectivity index (χ3v) is 2.88. The van der Waals surface area contributed by atoms with E-state index in [9.17, 15) is 18.0 Å². The molecule has 4 nitrogen and oxygen atoms in total. The van der Waals surface area contributed by atoms with Crippen molar-refractivity contribution in [2.75, 3.05) is 7.11 Å². The second-order valence-corrected chi connectivity index (χ2v) is 5.04. The zero-order valence-electron chi connectivity index (χ0n) is 12.0. The highest BCUT2D eigenvalue weighted by atomic mass is 19.4. The molecule has 118 valence electrons. The van der Waals surface area contributed by atoms with E-state index in [4.69, 9.17) is 10.5 Å². The van der Waals surface area contributed by atoms with E-state index < -0.39 is 29.4 Å². The van der Waals surface area contributed by atoms with Crippen molar-refractivity contribution in [3.8, 4) is 5.75 Å². The molecule has 0 heterocycles. The summed E-state index contributed by atoms with van der Waals surface area (Å²) >= 11 is 0. The molecule has 0 spiro atoms. The minimum absolute atomic E-state index is 0.0197. The summed E-state index contributed by atoms with van der Waals surface area (Å²) in [4.78, 5) is 11.5. The number of hydrogen-bond donors (Lipinski definition) is 1. The fourth-order valence-electron chi connectivity index (χ4n) is 1.98. The number of rotatable bonds is 5. The molecular weight excluding hydrogens is 287 g/mol. The van der Waals surface area contributed by atoms with Gasteiger partial charge in [-0.1, -0.05) is 12.1 Å². The molecule has 2 atom stereocenters. The molecule has 0 aromatic heterocycles. The van der Waals surface area contributed by atoms with E-state index in [0.717, 1.165) is 6.07 Å². The summed E-state index contributed by atoms with van der Waals surface area (Å²) in [6.07, 6.45) is -5.18. The average molecular weight is 305 g/mol. The van der Waals surface area contributed by atoms with E-state index >= 15 is 0 Å². The van der Waals surface area contributed by atoms with Crippen molar-refractivity contribution in [3.63, 3.8) is 0 Å². The molecule has 0 bridgehead atoms. The fourth-order valence-corrected chi connectivity index (χ4v) is 1.98. The maximum atomic E-state index is 12.8. The molecule has 2 N–H and O–H groups in total. The lowest BCUT2D eigenvalue weighted by molar-refractivity contribution is -0.147. The normalized spacial score (nSPS) is 16.0. The molecule has 1 aromatic carbocycles. The summed E-state index contributed by atoms with van der Waals surface area (Å²) in [7, 11) is 1.19. The lowest BCUT2D eigenvalue weighted by Crippen LogP contribution is -2.48. The predicted molar refractivity (Wildman–Crippen MR) is 70.8 cm³/mol. The monoisotopic (exact) mass is 305 g/mol. The largest absolute Gasteiger partial charge is 0.490 e. The van der Waals surface area contributed by atoms with Crippen LogP contribution in [0, 0.1) is 0 Å². The van der Waals surface area contributed by atoms with E-state index in [1.807, 2.05) is 0 Å². The molecule has 1 rings (SSSR count). The number of para-hydroxylation sites is 1. The Morgan fingerprint density at radius 2 is 1.90 bits per heavy atom. The number of alkyl halides is 3. The predicted octanol–water partition coefficient (Wildman–Crippen LogP) is 2.75. The van der Waals surface area contributed by atoms with Gasteiger partial charge in [-0.3, -0.25) is 4.79 Å². The third-order valence-electron chi connectivity index (χ3n) is 2.88. The Labute approximate surface area is 121 Å². The maximum Gasteiger partial charge on any atom is 0.419 e. The number of hydrogen-bond acceptors (Lipinski definition) is 4. The second kappa shape index (κ2) is 6.34. The summed E-state index contributed by atoms with van der Waals surface area (Å²) < 4.78 is 48.4.